The predicted molar refractivity (Wildman–Crippen MR) is 75.8 cm³/mol. The van der Waals surface area contributed by atoms with Gasteiger partial charge in [0.25, 0.3) is 0 Å². The zero-order valence-electron chi connectivity index (χ0n) is 9.34. The zero-order valence-corrected chi connectivity index (χ0v) is 11.7. The lowest BCUT2D eigenvalue weighted by atomic mass is 10.4. The second kappa shape index (κ2) is 6.44. The van der Waals surface area contributed by atoms with Crippen molar-refractivity contribution in [3.63, 3.8) is 0 Å². The Bertz CT molecular complexity index is 443. The monoisotopic (exact) mass is 306 g/mol. The maximum Gasteiger partial charge on any atom is 0.348 e. The topological polar surface area (TPSA) is 81.0 Å². The van der Waals surface area contributed by atoms with Crippen LogP contribution in [0.4, 0.5) is 11.5 Å². The van der Waals surface area contributed by atoms with Crippen LogP contribution in [0.15, 0.2) is 6.33 Å². The number of nitrogens with zero attached hydrogens (tertiary/aromatic N) is 3. The molecule has 1 aromatic heterocycles. The normalized spacial score (nSPS) is 19.5. The first-order chi connectivity index (χ1) is 8.68. The van der Waals surface area contributed by atoms with E-state index in [1.54, 1.807) is 0 Å². The van der Waals surface area contributed by atoms with Crippen LogP contribution in [-0.4, -0.2) is 43.9 Å². The molecule has 6 nitrogen and oxygen atoms in total. The molecular formula is C9H11ClN4O2S2. The number of aromatic nitrogens is 2. The van der Waals surface area contributed by atoms with Gasteiger partial charge in [-0.1, -0.05) is 11.6 Å². The molecule has 0 spiro atoms. The van der Waals surface area contributed by atoms with E-state index in [1.165, 1.54) is 12.1 Å². The predicted octanol–water partition coefficient (Wildman–Crippen LogP) is 2.30. The van der Waals surface area contributed by atoms with E-state index in [0.717, 1.165) is 11.5 Å². The van der Waals surface area contributed by atoms with E-state index >= 15 is 0 Å². The van der Waals surface area contributed by atoms with Gasteiger partial charge in [-0.05, 0) is 0 Å². The van der Waals surface area contributed by atoms with E-state index in [-0.39, 0.29) is 16.7 Å². The van der Waals surface area contributed by atoms with E-state index in [0.29, 0.717) is 11.8 Å². The van der Waals surface area contributed by atoms with Gasteiger partial charge in [0.1, 0.15) is 6.33 Å². The van der Waals surface area contributed by atoms with E-state index in [9.17, 15) is 10.1 Å². The molecule has 2 rings (SSSR count). The smallest absolute Gasteiger partial charge is 0.348 e. The van der Waals surface area contributed by atoms with Gasteiger partial charge >= 0.3 is 5.69 Å². The van der Waals surface area contributed by atoms with Gasteiger partial charge in [0.05, 0.1) is 4.92 Å². The minimum atomic E-state index is -0.562. The van der Waals surface area contributed by atoms with Crippen molar-refractivity contribution in [1.29, 1.82) is 0 Å². The molecule has 1 saturated heterocycles. The second-order valence-corrected chi connectivity index (χ2v) is 6.48. The first-order valence-electron chi connectivity index (χ1n) is 5.26. The molecule has 1 atom stereocenters. The summed E-state index contributed by atoms with van der Waals surface area (Å²) in [6, 6.07) is 0. The molecule has 0 saturated carbocycles. The number of nitro groups is 1. The molecule has 1 aliphatic rings. The Morgan fingerprint density at radius 1 is 1.56 bits per heavy atom. The minimum Gasteiger partial charge on any atom is -0.363 e. The lowest BCUT2D eigenvalue weighted by Gasteiger charge is -2.21. The standard InChI is InChI=1S/C9H11ClN4O2S2/c10-8-7(14(15)16)9(13-5-12-8)11-3-6-4-17-1-2-18-6/h5-6H,1-4H2,(H,11,12,13). The Kier molecular flexibility index (Phi) is 4.90. The summed E-state index contributed by atoms with van der Waals surface area (Å²) in [5, 5.41) is 14.2. The van der Waals surface area contributed by atoms with E-state index in [4.69, 9.17) is 11.6 Å². The molecule has 98 valence electrons. The van der Waals surface area contributed by atoms with Crippen molar-refractivity contribution in [3.05, 3.63) is 21.6 Å². The molecule has 0 aliphatic carbocycles. The summed E-state index contributed by atoms with van der Waals surface area (Å²) in [6.45, 7) is 0.645. The number of nitrogens with one attached hydrogen (secondary N) is 1. The molecule has 0 bridgehead atoms. The van der Waals surface area contributed by atoms with Crippen LogP contribution in [-0.2, 0) is 0 Å². The van der Waals surface area contributed by atoms with Crippen molar-refractivity contribution in [1.82, 2.24) is 9.97 Å². The Morgan fingerprint density at radius 3 is 3.06 bits per heavy atom. The molecule has 2 heterocycles. The third kappa shape index (κ3) is 3.39. The van der Waals surface area contributed by atoms with Gasteiger partial charge in [0.15, 0.2) is 0 Å². The van der Waals surface area contributed by atoms with Crippen LogP contribution in [0, 0.1) is 10.1 Å². The van der Waals surface area contributed by atoms with Crippen LogP contribution >= 0.6 is 35.1 Å². The Balaban J connectivity index is 2.04. The molecular weight excluding hydrogens is 296 g/mol. The lowest BCUT2D eigenvalue weighted by Crippen LogP contribution is -2.24. The molecule has 1 unspecified atom stereocenters. The molecule has 18 heavy (non-hydrogen) atoms. The van der Waals surface area contributed by atoms with E-state index in [1.807, 2.05) is 23.5 Å². The van der Waals surface area contributed by atoms with Crippen LogP contribution in [0.5, 0.6) is 0 Å². The van der Waals surface area contributed by atoms with Gasteiger partial charge in [0, 0.05) is 29.1 Å². The van der Waals surface area contributed by atoms with Crippen LogP contribution in [0.3, 0.4) is 0 Å². The summed E-state index contributed by atoms with van der Waals surface area (Å²) >= 11 is 9.47. The fraction of sp³-hybridized carbons (Fsp3) is 0.556. The summed E-state index contributed by atoms with van der Waals surface area (Å²) in [5.74, 6) is 3.52. The van der Waals surface area contributed by atoms with Crippen molar-refractivity contribution in [3.8, 4) is 0 Å². The van der Waals surface area contributed by atoms with Crippen molar-refractivity contribution < 1.29 is 4.92 Å². The van der Waals surface area contributed by atoms with E-state index < -0.39 is 4.92 Å². The quantitative estimate of drug-likeness (QED) is 0.519. The number of hydrogen-bond donors (Lipinski definition) is 1. The summed E-state index contributed by atoms with van der Waals surface area (Å²) in [5.41, 5.74) is -0.257. The SMILES string of the molecule is O=[N+]([O-])c1c(Cl)ncnc1NCC1CSCCS1. The van der Waals surface area contributed by atoms with E-state index in [2.05, 4.69) is 15.3 Å². The number of anilines is 1. The Hall–Kier alpha value is -0.730. The van der Waals surface area contributed by atoms with Crippen LogP contribution in [0.25, 0.3) is 0 Å². The first-order valence-corrected chi connectivity index (χ1v) is 7.84. The fourth-order valence-corrected chi connectivity index (χ4v) is 4.33. The Labute approximate surface area is 117 Å². The highest BCUT2D eigenvalue weighted by molar-refractivity contribution is 8.06. The zero-order chi connectivity index (χ0) is 13.0. The van der Waals surface area contributed by atoms with Crippen LogP contribution in [0.1, 0.15) is 0 Å². The molecule has 0 radical (unpaired) electrons. The molecule has 1 aliphatic heterocycles. The molecule has 1 aromatic rings. The molecule has 1 fully saturated rings. The largest absolute Gasteiger partial charge is 0.363 e. The fourth-order valence-electron chi connectivity index (χ4n) is 1.51. The third-order valence-electron chi connectivity index (χ3n) is 2.34. The summed E-state index contributed by atoms with van der Waals surface area (Å²) < 4.78 is 0. The van der Waals surface area contributed by atoms with Gasteiger partial charge in [-0.3, -0.25) is 10.1 Å². The highest BCUT2D eigenvalue weighted by Crippen LogP contribution is 2.29. The van der Waals surface area contributed by atoms with Crippen molar-refractivity contribution in [2.45, 2.75) is 5.25 Å². The highest BCUT2D eigenvalue weighted by Gasteiger charge is 2.22. The summed E-state index contributed by atoms with van der Waals surface area (Å²) in [7, 11) is 0. The molecule has 0 amide bonds. The number of thioether (sulfide) groups is 2. The molecule has 9 heteroatoms. The van der Waals surface area contributed by atoms with Crippen LogP contribution < -0.4 is 5.32 Å². The van der Waals surface area contributed by atoms with Gasteiger partial charge in [-0.15, -0.1) is 0 Å². The van der Waals surface area contributed by atoms with Gasteiger partial charge < -0.3 is 5.32 Å². The molecule has 1 N–H and O–H groups in total. The average Bonchev–Trinajstić information content (AvgIpc) is 2.37. The average molecular weight is 307 g/mol. The van der Waals surface area contributed by atoms with Gasteiger partial charge in [0.2, 0.25) is 11.0 Å². The third-order valence-corrected chi connectivity index (χ3v) is 5.46. The van der Waals surface area contributed by atoms with Crippen molar-refractivity contribution in [2.24, 2.45) is 0 Å². The lowest BCUT2D eigenvalue weighted by molar-refractivity contribution is -0.384. The van der Waals surface area contributed by atoms with Crippen LogP contribution in [0.2, 0.25) is 5.15 Å². The Morgan fingerprint density at radius 2 is 2.39 bits per heavy atom. The number of rotatable bonds is 4. The first kappa shape index (κ1) is 13.7. The number of hydrogen-bond acceptors (Lipinski definition) is 7. The summed E-state index contributed by atoms with van der Waals surface area (Å²) in [6.07, 6.45) is 1.22. The number of halogens is 1. The van der Waals surface area contributed by atoms with Gasteiger partial charge in [-0.25, -0.2) is 9.97 Å². The molecule has 0 aromatic carbocycles. The van der Waals surface area contributed by atoms with Crippen molar-refractivity contribution >= 4 is 46.6 Å². The van der Waals surface area contributed by atoms with Gasteiger partial charge in [-0.2, -0.15) is 23.5 Å². The highest BCUT2D eigenvalue weighted by atomic mass is 35.5. The second-order valence-electron chi connectivity index (χ2n) is 3.57. The maximum atomic E-state index is 10.9. The summed E-state index contributed by atoms with van der Waals surface area (Å²) in [4.78, 5) is 17.8. The minimum absolute atomic E-state index is 0.136. The van der Waals surface area contributed by atoms with Crippen molar-refractivity contribution in [2.75, 3.05) is 29.1 Å². The maximum absolute atomic E-state index is 10.9.